The Labute approximate surface area is 129 Å². The van der Waals surface area contributed by atoms with Crippen molar-refractivity contribution < 1.29 is 13.9 Å². The van der Waals surface area contributed by atoms with Crippen LogP contribution in [-0.4, -0.2) is 56.0 Å². The Morgan fingerprint density at radius 3 is 2.71 bits per heavy atom. The summed E-state index contributed by atoms with van der Waals surface area (Å²) in [6.07, 6.45) is 0.477. The average Bonchev–Trinajstić information content (AvgIpc) is 2.50. The molecule has 6 heteroatoms. The second kappa shape index (κ2) is 9.02. The number of hydrogen-bond donors (Lipinski definition) is 1. The molecule has 4 nitrogen and oxygen atoms in total. The van der Waals surface area contributed by atoms with Crippen molar-refractivity contribution in [1.29, 1.82) is 0 Å². The first-order valence-electron chi connectivity index (χ1n) is 7.19. The van der Waals surface area contributed by atoms with Crippen molar-refractivity contribution in [1.82, 2.24) is 10.2 Å². The third-order valence-electron chi connectivity index (χ3n) is 3.27. The van der Waals surface area contributed by atoms with E-state index in [2.05, 4.69) is 10.2 Å². The third kappa shape index (κ3) is 6.46. The standard InChI is InChI=1S/C15H21FN2O2S/c16-13-1-3-14(4-2-13)21-12-5-15(19)17-6-7-18-8-10-20-11-9-18/h1-4H,5-12H2,(H,17,19). The third-order valence-corrected chi connectivity index (χ3v) is 4.28. The molecule has 0 saturated carbocycles. The number of ether oxygens (including phenoxy) is 1. The Morgan fingerprint density at radius 2 is 2.00 bits per heavy atom. The van der Waals surface area contributed by atoms with Gasteiger partial charge < -0.3 is 10.1 Å². The fraction of sp³-hybridized carbons (Fsp3) is 0.533. The molecule has 1 aliphatic heterocycles. The number of hydrogen-bond acceptors (Lipinski definition) is 4. The SMILES string of the molecule is O=C(CCSc1ccc(F)cc1)NCCN1CCOCC1. The van der Waals surface area contributed by atoms with Crippen LogP contribution in [0, 0.1) is 5.82 Å². The molecule has 0 aliphatic carbocycles. The average molecular weight is 312 g/mol. The lowest BCUT2D eigenvalue weighted by Crippen LogP contribution is -2.41. The van der Waals surface area contributed by atoms with Gasteiger partial charge in [-0.3, -0.25) is 9.69 Å². The van der Waals surface area contributed by atoms with Gasteiger partial charge in [0, 0.05) is 43.2 Å². The van der Waals surface area contributed by atoms with Crippen molar-refractivity contribution in [3.8, 4) is 0 Å². The number of thioether (sulfide) groups is 1. The van der Waals surface area contributed by atoms with Gasteiger partial charge in [-0.25, -0.2) is 4.39 Å². The zero-order chi connectivity index (χ0) is 14.9. The Morgan fingerprint density at radius 1 is 1.29 bits per heavy atom. The highest BCUT2D eigenvalue weighted by Crippen LogP contribution is 2.18. The van der Waals surface area contributed by atoms with Crippen LogP contribution in [0.1, 0.15) is 6.42 Å². The molecule has 0 atom stereocenters. The zero-order valence-electron chi connectivity index (χ0n) is 12.0. The van der Waals surface area contributed by atoms with Gasteiger partial charge in [-0.1, -0.05) is 0 Å². The van der Waals surface area contributed by atoms with Crippen LogP contribution in [0.4, 0.5) is 4.39 Å². The van der Waals surface area contributed by atoms with Crippen molar-refractivity contribution in [3.05, 3.63) is 30.1 Å². The Bertz CT molecular complexity index is 436. The van der Waals surface area contributed by atoms with Crippen LogP contribution in [0.2, 0.25) is 0 Å². The van der Waals surface area contributed by atoms with E-state index in [1.54, 1.807) is 23.9 Å². The molecule has 1 heterocycles. The van der Waals surface area contributed by atoms with Gasteiger partial charge in [-0.2, -0.15) is 0 Å². The number of amides is 1. The van der Waals surface area contributed by atoms with Gasteiger partial charge in [0.05, 0.1) is 13.2 Å². The molecule has 0 aromatic heterocycles. The lowest BCUT2D eigenvalue weighted by Gasteiger charge is -2.26. The van der Waals surface area contributed by atoms with E-state index in [-0.39, 0.29) is 11.7 Å². The van der Waals surface area contributed by atoms with Crippen molar-refractivity contribution in [2.24, 2.45) is 0 Å². The van der Waals surface area contributed by atoms with Gasteiger partial charge in [0.25, 0.3) is 0 Å². The highest BCUT2D eigenvalue weighted by atomic mass is 32.2. The summed E-state index contributed by atoms with van der Waals surface area (Å²) in [7, 11) is 0. The molecule has 1 amide bonds. The second-order valence-electron chi connectivity index (χ2n) is 4.86. The first-order valence-corrected chi connectivity index (χ1v) is 8.18. The number of rotatable bonds is 7. The smallest absolute Gasteiger partial charge is 0.220 e. The van der Waals surface area contributed by atoms with E-state index in [4.69, 9.17) is 4.74 Å². The molecular formula is C15H21FN2O2S. The highest BCUT2D eigenvalue weighted by molar-refractivity contribution is 7.99. The van der Waals surface area contributed by atoms with Crippen molar-refractivity contribution in [2.45, 2.75) is 11.3 Å². The number of nitrogens with one attached hydrogen (secondary N) is 1. The topological polar surface area (TPSA) is 41.6 Å². The van der Waals surface area contributed by atoms with Gasteiger partial charge in [-0.05, 0) is 24.3 Å². The Balaban J connectivity index is 1.54. The predicted octanol–water partition coefficient (Wildman–Crippen LogP) is 1.76. The van der Waals surface area contributed by atoms with Gasteiger partial charge in [0.15, 0.2) is 0 Å². The minimum Gasteiger partial charge on any atom is -0.379 e. The van der Waals surface area contributed by atoms with E-state index >= 15 is 0 Å². The van der Waals surface area contributed by atoms with E-state index in [1.807, 2.05) is 0 Å². The van der Waals surface area contributed by atoms with Crippen molar-refractivity contribution in [3.63, 3.8) is 0 Å². The van der Waals surface area contributed by atoms with E-state index in [1.165, 1.54) is 12.1 Å². The summed E-state index contributed by atoms with van der Waals surface area (Å²) in [5.41, 5.74) is 0. The molecule has 1 aliphatic rings. The Hall–Kier alpha value is -1.11. The lowest BCUT2D eigenvalue weighted by atomic mass is 10.3. The van der Waals surface area contributed by atoms with Gasteiger partial charge in [0.1, 0.15) is 5.82 Å². The van der Waals surface area contributed by atoms with E-state index in [0.717, 1.165) is 37.7 Å². The molecule has 0 unspecified atom stereocenters. The first-order chi connectivity index (χ1) is 10.2. The summed E-state index contributed by atoms with van der Waals surface area (Å²) >= 11 is 1.56. The van der Waals surface area contributed by atoms with Crippen molar-refractivity contribution >= 4 is 17.7 Å². The van der Waals surface area contributed by atoms with Gasteiger partial charge >= 0.3 is 0 Å². The lowest BCUT2D eigenvalue weighted by molar-refractivity contribution is -0.120. The minimum absolute atomic E-state index is 0.0675. The number of carbonyl (C=O) groups is 1. The maximum atomic E-state index is 12.7. The summed E-state index contributed by atoms with van der Waals surface area (Å²) in [6, 6.07) is 6.34. The second-order valence-corrected chi connectivity index (χ2v) is 6.02. The largest absolute Gasteiger partial charge is 0.379 e. The number of morpholine rings is 1. The predicted molar refractivity (Wildman–Crippen MR) is 82.0 cm³/mol. The maximum Gasteiger partial charge on any atom is 0.220 e. The highest BCUT2D eigenvalue weighted by Gasteiger charge is 2.10. The molecule has 0 bridgehead atoms. The molecular weight excluding hydrogens is 291 g/mol. The van der Waals surface area contributed by atoms with Crippen LogP contribution >= 0.6 is 11.8 Å². The monoisotopic (exact) mass is 312 g/mol. The molecule has 0 radical (unpaired) electrons. The number of carbonyl (C=O) groups excluding carboxylic acids is 1. The summed E-state index contributed by atoms with van der Waals surface area (Å²) in [5, 5.41) is 2.93. The molecule has 21 heavy (non-hydrogen) atoms. The van der Waals surface area contributed by atoms with Crippen LogP contribution in [0.15, 0.2) is 29.2 Å². The first kappa shape index (κ1) is 16.3. The molecule has 2 rings (SSSR count). The molecule has 1 N–H and O–H groups in total. The van der Waals surface area contributed by atoms with Crippen LogP contribution in [0.25, 0.3) is 0 Å². The van der Waals surface area contributed by atoms with Crippen LogP contribution in [0.3, 0.4) is 0 Å². The number of nitrogens with zero attached hydrogens (tertiary/aromatic N) is 1. The number of halogens is 1. The summed E-state index contributed by atoms with van der Waals surface area (Å²) in [6.45, 7) is 5.00. The van der Waals surface area contributed by atoms with E-state index in [9.17, 15) is 9.18 Å². The van der Waals surface area contributed by atoms with Crippen LogP contribution < -0.4 is 5.32 Å². The fourth-order valence-electron chi connectivity index (χ4n) is 2.06. The van der Waals surface area contributed by atoms with Crippen LogP contribution in [-0.2, 0) is 9.53 Å². The minimum atomic E-state index is -0.236. The Kier molecular flexibility index (Phi) is 6.99. The molecule has 1 fully saturated rings. The molecule has 0 spiro atoms. The normalized spacial score (nSPS) is 15.9. The summed E-state index contributed by atoms with van der Waals surface area (Å²) in [5.74, 6) is 0.535. The summed E-state index contributed by atoms with van der Waals surface area (Å²) < 4.78 is 18.0. The van der Waals surface area contributed by atoms with E-state index in [0.29, 0.717) is 18.7 Å². The molecule has 1 saturated heterocycles. The molecule has 116 valence electrons. The molecule has 1 aromatic carbocycles. The zero-order valence-corrected chi connectivity index (χ0v) is 12.8. The van der Waals surface area contributed by atoms with Crippen LogP contribution in [0.5, 0.6) is 0 Å². The van der Waals surface area contributed by atoms with Gasteiger partial charge in [-0.15, -0.1) is 11.8 Å². The maximum absolute atomic E-state index is 12.7. The van der Waals surface area contributed by atoms with Gasteiger partial charge in [0.2, 0.25) is 5.91 Å². The quantitative estimate of drug-likeness (QED) is 0.779. The fourth-order valence-corrected chi connectivity index (χ4v) is 2.91. The summed E-state index contributed by atoms with van der Waals surface area (Å²) in [4.78, 5) is 15.0. The van der Waals surface area contributed by atoms with E-state index < -0.39 is 0 Å². The number of benzene rings is 1. The van der Waals surface area contributed by atoms with Crippen molar-refractivity contribution in [2.75, 3.05) is 45.1 Å². The molecule has 1 aromatic rings.